The van der Waals surface area contributed by atoms with Gasteiger partial charge in [-0.3, -0.25) is 24.2 Å². The van der Waals surface area contributed by atoms with Gasteiger partial charge >= 0.3 is 5.97 Å². The summed E-state index contributed by atoms with van der Waals surface area (Å²) in [4.78, 5) is 59.5. The smallest absolute Gasteiger partial charge is 0.305 e. The lowest BCUT2D eigenvalue weighted by Gasteiger charge is -2.28. The lowest BCUT2D eigenvalue weighted by Crippen LogP contribution is -2.35. The lowest BCUT2D eigenvalue weighted by molar-refractivity contribution is -0.137. The van der Waals surface area contributed by atoms with Crippen LogP contribution in [0, 0.1) is 11.7 Å². The van der Waals surface area contributed by atoms with Crippen LogP contribution in [0.1, 0.15) is 77.3 Å². The molecule has 2 heterocycles. The highest BCUT2D eigenvalue weighted by atomic mass is 19.1. The molecule has 5 rings (SSSR count). The van der Waals surface area contributed by atoms with E-state index in [1.54, 1.807) is 47.6 Å². The van der Waals surface area contributed by atoms with Crippen molar-refractivity contribution in [3.05, 3.63) is 89.5 Å². The molecule has 1 unspecified atom stereocenters. The van der Waals surface area contributed by atoms with Crippen molar-refractivity contribution >= 4 is 35.1 Å². The first-order valence-electron chi connectivity index (χ1n) is 15.5. The molecule has 0 radical (unpaired) electrons. The third-order valence-corrected chi connectivity index (χ3v) is 8.48. The molecule has 0 bridgehead atoms. The average molecular weight is 616 g/mol. The van der Waals surface area contributed by atoms with E-state index in [1.807, 2.05) is 0 Å². The molecule has 0 spiro atoms. The number of aliphatic carboxylic acids is 1. The van der Waals surface area contributed by atoms with Gasteiger partial charge in [-0.2, -0.15) is 0 Å². The summed E-state index contributed by atoms with van der Waals surface area (Å²) in [6.07, 6.45) is 8.23. The number of carboxylic acids is 1. The summed E-state index contributed by atoms with van der Waals surface area (Å²) in [6, 6.07) is 13.0. The summed E-state index contributed by atoms with van der Waals surface area (Å²) < 4.78 is 13.5. The van der Waals surface area contributed by atoms with E-state index in [2.05, 4.69) is 20.5 Å². The summed E-state index contributed by atoms with van der Waals surface area (Å²) in [6.45, 7) is 2.21. The Balaban J connectivity index is 1.38. The van der Waals surface area contributed by atoms with Gasteiger partial charge in [0, 0.05) is 50.1 Å². The molecule has 236 valence electrons. The first kappa shape index (κ1) is 31.6. The maximum Gasteiger partial charge on any atom is 0.305 e. The number of anilines is 2. The Kier molecular flexibility index (Phi) is 10.4. The predicted octanol–water partition coefficient (Wildman–Crippen LogP) is 5.04. The highest BCUT2D eigenvalue weighted by molar-refractivity contribution is 6.01. The molecule has 2 aliphatic rings. The van der Waals surface area contributed by atoms with Gasteiger partial charge < -0.3 is 25.5 Å². The molecule has 3 aromatic rings. The van der Waals surface area contributed by atoms with Crippen molar-refractivity contribution < 1.29 is 28.7 Å². The van der Waals surface area contributed by atoms with Crippen LogP contribution in [0.2, 0.25) is 0 Å². The van der Waals surface area contributed by atoms with Crippen molar-refractivity contribution in [3.8, 4) is 0 Å². The van der Waals surface area contributed by atoms with Gasteiger partial charge in [-0.1, -0.05) is 31.4 Å². The van der Waals surface area contributed by atoms with E-state index in [0.717, 1.165) is 37.8 Å². The van der Waals surface area contributed by atoms with Gasteiger partial charge in [-0.05, 0) is 67.3 Å². The molecule has 1 saturated carbocycles. The third-order valence-electron chi connectivity index (χ3n) is 8.48. The van der Waals surface area contributed by atoms with Gasteiger partial charge in [0.05, 0.1) is 29.4 Å². The van der Waals surface area contributed by atoms with Crippen LogP contribution < -0.4 is 15.5 Å². The van der Waals surface area contributed by atoms with Crippen molar-refractivity contribution in [2.45, 2.75) is 51.0 Å². The number of rotatable bonds is 9. The maximum atomic E-state index is 13.5. The van der Waals surface area contributed by atoms with E-state index in [0.29, 0.717) is 49.4 Å². The zero-order valence-electron chi connectivity index (χ0n) is 25.1. The largest absolute Gasteiger partial charge is 0.481 e. The zero-order valence-corrected chi connectivity index (χ0v) is 25.1. The van der Waals surface area contributed by atoms with Gasteiger partial charge in [-0.15, -0.1) is 0 Å². The molecule has 1 atom stereocenters. The van der Waals surface area contributed by atoms with E-state index >= 15 is 0 Å². The fourth-order valence-electron chi connectivity index (χ4n) is 6.05. The molecule has 1 saturated heterocycles. The number of nitrogens with one attached hydrogen (secondary N) is 2. The quantitative estimate of drug-likeness (QED) is 0.307. The van der Waals surface area contributed by atoms with Crippen molar-refractivity contribution in [2.24, 2.45) is 5.92 Å². The van der Waals surface area contributed by atoms with Crippen LogP contribution in [0.25, 0.3) is 0 Å². The number of nitrogens with zero attached hydrogens (tertiary/aromatic N) is 3. The number of amides is 3. The number of hydrogen-bond donors (Lipinski definition) is 3. The number of hydrogen-bond acceptors (Lipinski definition) is 6. The first-order valence-corrected chi connectivity index (χ1v) is 15.5. The molecule has 11 heteroatoms. The lowest BCUT2D eigenvalue weighted by atomic mass is 9.88. The number of carboxylic acid groups (broad SMARTS) is 1. The highest BCUT2D eigenvalue weighted by Crippen LogP contribution is 2.32. The Morgan fingerprint density at radius 3 is 2.40 bits per heavy atom. The number of benzene rings is 2. The van der Waals surface area contributed by atoms with Gasteiger partial charge in [0.15, 0.2) is 0 Å². The normalized spacial score (nSPS) is 16.4. The fourth-order valence-corrected chi connectivity index (χ4v) is 6.05. The molecule has 1 aromatic heterocycles. The number of pyridine rings is 1. The summed E-state index contributed by atoms with van der Waals surface area (Å²) in [7, 11) is 0. The molecule has 45 heavy (non-hydrogen) atoms. The van der Waals surface area contributed by atoms with Crippen LogP contribution in [-0.2, 0) is 9.59 Å². The van der Waals surface area contributed by atoms with E-state index in [9.17, 15) is 28.7 Å². The number of carbonyl (C=O) groups excluding carboxylic acids is 3. The van der Waals surface area contributed by atoms with Crippen molar-refractivity contribution in [1.29, 1.82) is 0 Å². The standard InChI is InChI=1S/C34H38FN5O5/c35-27-12-9-23(10-13-27)28(21-31(41)42)37-33(44)25-11-14-30(29(20-25)38-32(43)24-6-2-1-3-7-24)39-16-5-17-40(19-18-39)34(45)26-8-4-15-36-22-26/h4,8-15,20,22,24,28H,1-3,5-7,16-19,21H2,(H,37,44)(H,38,43)(H,41,42). The Morgan fingerprint density at radius 1 is 0.911 bits per heavy atom. The topological polar surface area (TPSA) is 132 Å². The van der Waals surface area contributed by atoms with Crippen LogP contribution >= 0.6 is 0 Å². The van der Waals surface area contributed by atoms with Gasteiger partial charge in [0.2, 0.25) is 5.91 Å². The Hall–Kier alpha value is -4.80. The number of halogens is 1. The molecule has 1 aliphatic carbocycles. The van der Waals surface area contributed by atoms with Crippen LogP contribution in [0.4, 0.5) is 15.8 Å². The van der Waals surface area contributed by atoms with E-state index in [4.69, 9.17) is 0 Å². The summed E-state index contributed by atoms with van der Waals surface area (Å²) in [5.41, 5.74) is 2.47. The van der Waals surface area contributed by atoms with Gasteiger partial charge in [-0.25, -0.2) is 4.39 Å². The van der Waals surface area contributed by atoms with Crippen LogP contribution in [0.15, 0.2) is 67.0 Å². The summed E-state index contributed by atoms with van der Waals surface area (Å²) >= 11 is 0. The molecule has 3 N–H and O–H groups in total. The molecular formula is C34H38FN5O5. The van der Waals surface area contributed by atoms with Crippen molar-refractivity contribution in [2.75, 3.05) is 36.4 Å². The van der Waals surface area contributed by atoms with E-state index in [-0.39, 0.29) is 29.7 Å². The minimum atomic E-state index is -1.11. The Bertz CT molecular complexity index is 1510. The molecule has 1 aliphatic heterocycles. The van der Waals surface area contributed by atoms with Crippen LogP contribution in [0.5, 0.6) is 0 Å². The summed E-state index contributed by atoms with van der Waals surface area (Å²) in [5.74, 6) is -2.39. The van der Waals surface area contributed by atoms with E-state index < -0.39 is 23.7 Å². The third kappa shape index (κ3) is 8.23. The number of aromatic nitrogens is 1. The maximum absolute atomic E-state index is 13.5. The average Bonchev–Trinajstić information content (AvgIpc) is 3.31. The SMILES string of the molecule is O=C(O)CC(NC(=O)c1ccc(N2CCCN(C(=O)c3cccnc3)CC2)c(NC(=O)C2CCCCC2)c1)c1ccc(F)cc1. The zero-order chi connectivity index (χ0) is 31.8. The fraction of sp³-hybridized carbons (Fsp3) is 0.382. The van der Waals surface area contributed by atoms with Gasteiger partial charge in [0.1, 0.15) is 5.82 Å². The van der Waals surface area contributed by atoms with Gasteiger partial charge in [0.25, 0.3) is 11.8 Å². The first-order chi connectivity index (χ1) is 21.8. The van der Waals surface area contributed by atoms with Crippen LogP contribution in [0.3, 0.4) is 0 Å². The van der Waals surface area contributed by atoms with Crippen molar-refractivity contribution in [3.63, 3.8) is 0 Å². The molecule has 2 aromatic carbocycles. The minimum absolute atomic E-state index is 0.0835. The molecule has 2 fully saturated rings. The second-order valence-electron chi connectivity index (χ2n) is 11.6. The Labute approximate surface area is 261 Å². The Morgan fingerprint density at radius 2 is 1.69 bits per heavy atom. The highest BCUT2D eigenvalue weighted by Gasteiger charge is 2.26. The monoisotopic (exact) mass is 615 g/mol. The number of carbonyl (C=O) groups is 4. The molecule has 3 amide bonds. The van der Waals surface area contributed by atoms with Crippen molar-refractivity contribution in [1.82, 2.24) is 15.2 Å². The predicted molar refractivity (Wildman–Crippen MR) is 167 cm³/mol. The second-order valence-corrected chi connectivity index (χ2v) is 11.6. The second kappa shape index (κ2) is 14.8. The molecular weight excluding hydrogens is 577 g/mol. The van der Waals surface area contributed by atoms with Crippen LogP contribution in [-0.4, -0.2) is 64.9 Å². The molecule has 10 nitrogen and oxygen atoms in total. The minimum Gasteiger partial charge on any atom is -0.481 e. The summed E-state index contributed by atoms with van der Waals surface area (Å²) in [5, 5.41) is 15.3. The van der Waals surface area contributed by atoms with E-state index in [1.165, 1.54) is 24.3 Å².